The van der Waals surface area contributed by atoms with Crippen LogP contribution < -0.4 is 4.90 Å². The second-order valence-electron chi connectivity index (χ2n) is 4.88. The summed E-state index contributed by atoms with van der Waals surface area (Å²) in [6.45, 7) is 0.181. The van der Waals surface area contributed by atoms with Crippen LogP contribution in [-0.4, -0.2) is 32.0 Å². The quantitative estimate of drug-likeness (QED) is 0.846. The van der Waals surface area contributed by atoms with Crippen molar-refractivity contribution in [3.8, 4) is 0 Å². The van der Waals surface area contributed by atoms with E-state index in [1.807, 2.05) is 44.6 Å². The van der Waals surface area contributed by atoms with Crippen LogP contribution in [0, 0.1) is 0 Å². The molecular formula is C17H20N2O. The van der Waals surface area contributed by atoms with Crippen LogP contribution >= 0.6 is 0 Å². The Morgan fingerprint density at radius 1 is 1.00 bits per heavy atom. The molecular weight excluding hydrogens is 248 g/mol. The van der Waals surface area contributed by atoms with Gasteiger partial charge in [0.05, 0.1) is 5.69 Å². The second kappa shape index (κ2) is 6.87. The number of aliphatic hydroxyl groups is 1. The molecule has 0 aliphatic rings. The Bertz CT molecular complexity index is 557. The van der Waals surface area contributed by atoms with E-state index in [4.69, 9.17) is 5.11 Å². The van der Waals surface area contributed by atoms with Crippen molar-refractivity contribution in [2.75, 3.05) is 25.6 Å². The summed E-state index contributed by atoms with van der Waals surface area (Å²) in [4.78, 5) is 6.52. The monoisotopic (exact) mass is 268 g/mol. The molecule has 0 radical (unpaired) electrons. The minimum Gasteiger partial charge on any atom is -0.396 e. The van der Waals surface area contributed by atoms with Gasteiger partial charge in [-0.15, -0.1) is 0 Å². The maximum atomic E-state index is 8.87. The van der Waals surface area contributed by atoms with Gasteiger partial charge < -0.3 is 10.0 Å². The van der Waals surface area contributed by atoms with Crippen LogP contribution in [0.3, 0.4) is 0 Å². The summed E-state index contributed by atoms with van der Waals surface area (Å²) in [5, 5.41) is 8.87. The number of aliphatic hydroxyl groups excluding tert-OH is 1. The number of benzene rings is 2. The third-order valence-electron chi connectivity index (χ3n) is 3.11. The average molecular weight is 268 g/mol. The molecule has 3 heteroatoms. The fraction of sp³-hybridized carbons (Fsp3) is 0.235. The smallest absolute Gasteiger partial charge is 0.0630 e. The Labute approximate surface area is 120 Å². The van der Waals surface area contributed by atoms with E-state index in [-0.39, 0.29) is 6.61 Å². The van der Waals surface area contributed by atoms with Crippen LogP contribution in [0.15, 0.2) is 53.5 Å². The van der Waals surface area contributed by atoms with Crippen LogP contribution in [-0.2, 0) is 6.42 Å². The first kappa shape index (κ1) is 14.3. The lowest BCUT2D eigenvalue weighted by atomic mass is 10.1. The van der Waals surface area contributed by atoms with Crippen molar-refractivity contribution >= 4 is 17.6 Å². The van der Waals surface area contributed by atoms with Gasteiger partial charge in [0.15, 0.2) is 0 Å². The van der Waals surface area contributed by atoms with Gasteiger partial charge in [0.2, 0.25) is 0 Å². The second-order valence-corrected chi connectivity index (χ2v) is 4.88. The van der Waals surface area contributed by atoms with Gasteiger partial charge in [-0.1, -0.05) is 24.3 Å². The topological polar surface area (TPSA) is 35.8 Å². The Balaban J connectivity index is 2.04. The molecule has 20 heavy (non-hydrogen) atoms. The molecule has 2 rings (SSSR count). The molecule has 1 N–H and O–H groups in total. The fourth-order valence-electron chi connectivity index (χ4n) is 1.89. The normalized spacial score (nSPS) is 10.9. The number of rotatable bonds is 5. The van der Waals surface area contributed by atoms with Crippen molar-refractivity contribution in [2.24, 2.45) is 4.99 Å². The van der Waals surface area contributed by atoms with Crippen LogP contribution in [0.5, 0.6) is 0 Å². The number of nitrogens with zero attached hydrogens (tertiary/aromatic N) is 2. The molecule has 0 atom stereocenters. The first-order valence-corrected chi connectivity index (χ1v) is 6.70. The van der Waals surface area contributed by atoms with Gasteiger partial charge >= 0.3 is 0 Å². The number of hydrogen-bond acceptors (Lipinski definition) is 3. The molecule has 0 saturated heterocycles. The molecule has 2 aromatic carbocycles. The highest BCUT2D eigenvalue weighted by Crippen LogP contribution is 2.15. The predicted molar refractivity (Wildman–Crippen MR) is 85.3 cm³/mol. The molecule has 0 bridgehead atoms. The van der Waals surface area contributed by atoms with Gasteiger partial charge in [0.25, 0.3) is 0 Å². The molecule has 0 aliphatic heterocycles. The summed E-state index contributed by atoms with van der Waals surface area (Å²) >= 11 is 0. The van der Waals surface area contributed by atoms with E-state index in [0.29, 0.717) is 6.42 Å². The van der Waals surface area contributed by atoms with Crippen molar-refractivity contribution in [3.63, 3.8) is 0 Å². The van der Waals surface area contributed by atoms with E-state index in [0.717, 1.165) is 16.8 Å². The molecule has 0 unspecified atom stereocenters. The van der Waals surface area contributed by atoms with Gasteiger partial charge in [0, 0.05) is 32.6 Å². The molecule has 0 aromatic heterocycles. The van der Waals surface area contributed by atoms with E-state index in [2.05, 4.69) is 34.2 Å². The van der Waals surface area contributed by atoms with Crippen molar-refractivity contribution < 1.29 is 5.11 Å². The summed E-state index contributed by atoms with van der Waals surface area (Å²) in [5.41, 5.74) is 4.30. The Hall–Kier alpha value is -2.13. The third kappa shape index (κ3) is 3.93. The maximum absolute atomic E-state index is 8.87. The zero-order chi connectivity index (χ0) is 14.4. The van der Waals surface area contributed by atoms with Gasteiger partial charge in [-0.3, -0.25) is 4.99 Å². The average Bonchev–Trinajstić information content (AvgIpc) is 2.47. The Morgan fingerprint density at radius 3 is 2.20 bits per heavy atom. The molecule has 104 valence electrons. The van der Waals surface area contributed by atoms with Crippen molar-refractivity contribution in [1.82, 2.24) is 0 Å². The van der Waals surface area contributed by atoms with Gasteiger partial charge in [-0.2, -0.15) is 0 Å². The molecule has 3 nitrogen and oxygen atoms in total. The summed E-state index contributed by atoms with van der Waals surface area (Å²) in [6.07, 6.45) is 2.55. The van der Waals surface area contributed by atoms with Crippen molar-refractivity contribution in [3.05, 3.63) is 59.7 Å². The standard InChI is InChI=1S/C17H20N2O/c1-19(2)17-9-5-15(6-10-17)13-18-16-7-3-14(4-8-16)11-12-20/h3-10,13,20H,11-12H2,1-2H3. The summed E-state index contributed by atoms with van der Waals surface area (Å²) in [6, 6.07) is 16.2. The first-order valence-electron chi connectivity index (χ1n) is 6.70. The molecule has 0 fully saturated rings. The lowest BCUT2D eigenvalue weighted by Crippen LogP contribution is -2.08. The molecule has 0 heterocycles. The highest BCUT2D eigenvalue weighted by atomic mass is 16.2. The molecule has 0 aliphatic carbocycles. The zero-order valence-corrected chi connectivity index (χ0v) is 12.0. The molecule has 0 saturated carbocycles. The SMILES string of the molecule is CN(C)c1ccc(C=Nc2ccc(CCO)cc2)cc1. The molecule has 2 aromatic rings. The van der Waals surface area contributed by atoms with E-state index in [1.54, 1.807) is 0 Å². The number of hydrogen-bond donors (Lipinski definition) is 1. The van der Waals surface area contributed by atoms with Gasteiger partial charge in [-0.25, -0.2) is 0 Å². The summed E-state index contributed by atoms with van der Waals surface area (Å²) in [7, 11) is 4.05. The van der Waals surface area contributed by atoms with Crippen LogP contribution in [0.1, 0.15) is 11.1 Å². The highest BCUT2D eigenvalue weighted by molar-refractivity contribution is 5.82. The highest BCUT2D eigenvalue weighted by Gasteiger charge is 1.95. The van der Waals surface area contributed by atoms with Crippen molar-refractivity contribution in [1.29, 1.82) is 0 Å². The first-order chi connectivity index (χ1) is 9.69. The lowest BCUT2D eigenvalue weighted by Gasteiger charge is -2.11. The van der Waals surface area contributed by atoms with E-state index < -0.39 is 0 Å². The maximum Gasteiger partial charge on any atom is 0.0630 e. The minimum absolute atomic E-state index is 0.181. The lowest BCUT2D eigenvalue weighted by molar-refractivity contribution is 0.299. The third-order valence-corrected chi connectivity index (χ3v) is 3.11. The van der Waals surface area contributed by atoms with Gasteiger partial charge in [-0.05, 0) is 41.8 Å². The summed E-state index contributed by atoms with van der Waals surface area (Å²) < 4.78 is 0. The molecule has 0 spiro atoms. The van der Waals surface area contributed by atoms with E-state index in [9.17, 15) is 0 Å². The van der Waals surface area contributed by atoms with Crippen LogP contribution in [0.25, 0.3) is 0 Å². The van der Waals surface area contributed by atoms with Crippen LogP contribution in [0.4, 0.5) is 11.4 Å². The Kier molecular flexibility index (Phi) is 4.91. The van der Waals surface area contributed by atoms with E-state index in [1.165, 1.54) is 5.69 Å². The number of aliphatic imine (C=N–C) groups is 1. The predicted octanol–water partition coefficient (Wildman–Crippen LogP) is 3.04. The largest absolute Gasteiger partial charge is 0.396 e. The van der Waals surface area contributed by atoms with E-state index >= 15 is 0 Å². The van der Waals surface area contributed by atoms with Crippen molar-refractivity contribution in [2.45, 2.75) is 6.42 Å². The zero-order valence-electron chi connectivity index (χ0n) is 12.0. The number of anilines is 1. The van der Waals surface area contributed by atoms with Gasteiger partial charge in [0.1, 0.15) is 0 Å². The molecule has 0 amide bonds. The summed E-state index contributed by atoms with van der Waals surface area (Å²) in [5.74, 6) is 0. The van der Waals surface area contributed by atoms with Crippen LogP contribution in [0.2, 0.25) is 0 Å². The Morgan fingerprint density at radius 2 is 1.65 bits per heavy atom. The minimum atomic E-state index is 0.181. The fourth-order valence-corrected chi connectivity index (χ4v) is 1.89.